The Morgan fingerprint density at radius 3 is 2.54 bits per heavy atom. The summed E-state index contributed by atoms with van der Waals surface area (Å²) in [6.45, 7) is 3.38. The topological polar surface area (TPSA) is 119 Å². The lowest BCUT2D eigenvalue weighted by Gasteiger charge is -2.12. The molecule has 1 aromatic carbocycles. The predicted octanol–water partition coefficient (Wildman–Crippen LogP) is 2.07. The van der Waals surface area contributed by atoms with E-state index in [1.807, 2.05) is 0 Å². The zero-order chi connectivity index (χ0) is 17.7. The average Bonchev–Trinajstić information content (AvgIpc) is 2.52. The molecule has 0 aliphatic heterocycles. The number of nitrogens with zero attached hydrogens (tertiary/aromatic N) is 3. The fraction of sp³-hybridized carbons (Fsp3) is 0.214. The van der Waals surface area contributed by atoms with Crippen molar-refractivity contribution < 1.29 is 18.8 Å². The lowest BCUT2D eigenvalue weighted by atomic mass is 10.2. The van der Waals surface area contributed by atoms with E-state index in [1.54, 1.807) is 13.8 Å². The minimum atomic E-state index is -0.718. The number of benzene rings is 1. The molecule has 24 heavy (non-hydrogen) atoms. The Hall–Kier alpha value is -3.30. The number of hydrogen-bond acceptors (Lipinski definition) is 7. The average molecular weight is 335 g/mol. The third-order valence-corrected chi connectivity index (χ3v) is 2.72. The van der Waals surface area contributed by atoms with E-state index < -0.39 is 22.3 Å². The van der Waals surface area contributed by atoms with Crippen LogP contribution in [-0.4, -0.2) is 26.9 Å². The highest BCUT2D eigenvalue weighted by Crippen LogP contribution is 2.30. The summed E-state index contributed by atoms with van der Waals surface area (Å²) in [6, 6.07) is 4.79. The molecule has 9 nitrogen and oxygen atoms in total. The molecule has 1 amide bonds. The maximum Gasteiger partial charge on any atom is 0.374 e. The van der Waals surface area contributed by atoms with Crippen molar-refractivity contribution in [1.82, 2.24) is 15.4 Å². The van der Waals surface area contributed by atoms with E-state index >= 15 is 0 Å². The third kappa shape index (κ3) is 4.12. The first-order valence-electron chi connectivity index (χ1n) is 6.86. The Kier molecular flexibility index (Phi) is 5.20. The number of ether oxygens (including phenoxy) is 1. The number of carbonyl (C=O) groups is 1. The second kappa shape index (κ2) is 7.31. The number of anilines is 1. The molecule has 2 N–H and O–H groups in total. The van der Waals surface area contributed by atoms with E-state index in [1.165, 1.54) is 12.1 Å². The summed E-state index contributed by atoms with van der Waals surface area (Å²) in [6.07, 6.45) is 0.733. The van der Waals surface area contributed by atoms with Crippen molar-refractivity contribution in [3.8, 4) is 5.88 Å². The SMILES string of the molecule is CC(C)Oc1ncnc(NNC(=O)c2ccc(F)cc2)c1[N+](=O)[O-]. The van der Waals surface area contributed by atoms with E-state index in [9.17, 15) is 19.3 Å². The largest absolute Gasteiger partial charge is 0.470 e. The number of carbonyl (C=O) groups excluding carboxylic acids is 1. The van der Waals surface area contributed by atoms with Gasteiger partial charge in [0.1, 0.15) is 12.1 Å². The van der Waals surface area contributed by atoms with Gasteiger partial charge >= 0.3 is 5.69 Å². The fourth-order valence-electron chi connectivity index (χ4n) is 1.72. The second-order valence-corrected chi connectivity index (χ2v) is 4.89. The Morgan fingerprint density at radius 2 is 1.96 bits per heavy atom. The van der Waals surface area contributed by atoms with Crippen LogP contribution in [-0.2, 0) is 0 Å². The molecular weight excluding hydrogens is 321 g/mol. The summed E-state index contributed by atoms with van der Waals surface area (Å²) < 4.78 is 18.1. The van der Waals surface area contributed by atoms with Gasteiger partial charge < -0.3 is 4.74 Å². The van der Waals surface area contributed by atoms with Crippen LogP contribution in [0.15, 0.2) is 30.6 Å². The van der Waals surface area contributed by atoms with Crippen molar-refractivity contribution in [2.24, 2.45) is 0 Å². The van der Waals surface area contributed by atoms with Gasteiger partial charge in [0.15, 0.2) is 0 Å². The minimum Gasteiger partial charge on any atom is -0.470 e. The minimum absolute atomic E-state index is 0.166. The second-order valence-electron chi connectivity index (χ2n) is 4.89. The van der Waals surface area contributed by atoms with Crippen LogP contribution in [0.2, 0.25) is 0 Å². The van der Waals surface area contributed by atoms with Crippen molar-refractivity contribution in [2.75, 3.05) is 5.43 Å². The zero-order valence-corrected chi connectivity index (χ0v) is 12.8. The van der Waals surface area contributed by atoms with E-state index in [2.05, 4.69) is 20.8 Å². The van der Waals surface area contributed by atoms with Gasteiger partial charge in [-0.05, 0) is 38.1 Å². The molecule has 0 radical (unpaired) electrons. The van der Waals surface area contributed by atoms with Crippen molar-refractivity contribution in [1.29, 1.82) is 0 Å². The first-order valence-corrected chi connectivity index (χ1v) is 6.86. The van der Waals surface area contributed by atoms with Gasteiger partial charge in [-0.2, -0.15) is 4.98 Å². The number of nitro groups is 1. The molecule has 10 heteroatoms. The number of hydrazine groups is 1. The summed E-state index contributed by atoms with van der Waals surface area (Å²) >= 11 is 0. The lowest BCUT2D eigenvalue weighted by Crippen LogP contribution is -2.30. The molecule has 1 heterocycles. The van der Waals surface area contributed by atoms with Gasteiger partial charge in [-0.3, -0.25) is 25.8 Å². The van der Waals surface area contributed by atoms with Crippen molar-refractivity contribution >= 4 is 17.4 Å². The van der Waals surface area contributed by atoms with Crippen LogP contribution in [0.25, 0.3) is 0 Å². The van der Waals surface area contributed by atoms with Crippen LogP contribution in [0, 0.1) is 15.9 Å². The number of aromatic nitrogens is 2. The molecule has 0 aliphatic carbocycles. The van der Waals surface area contributed by atoms with Crippen LogP contribution in [0.1, 0.15) is 24.2 Å². The van der Waals surface area contributed by atoms with Gasteiger partial charge in [-0.25, -0.2) is 9.37 Å². The first kappa shape index (κ1) is 17.1. The summed E-state index contributed by atoms with van der Waals surface area (Å²) in [5, 5.41) is 11.2. The number of nitrogens with one attached hydrogen (secondary N) is 2. The Morgan fingerprint density at radius 1 is 1.29 bits per heavy atom. The first-order chi connectivity index (χ1) is 11.4. The Balaban J connectivity index is 2.18. The quantitative estimate of drug-likeness (QED) is 0.612. The van der Waals surface area contributed by atoms with Crippen LogP contribution in [0.3, 0.4) is 0 Å². The molecule has 0 unspecified atom stereocenters. The normalized spacial score (nSPS) is 10.3. The molecule has 2 aromatic rings. The van der Waals surface area contributed by atoms with Crippen LogP contribution < -0.4 is 15.6 Å². The highest BCUT2D eigenvalue weighted by atomic mass is 19.1. The van der Waals surface area contributed by atoms with Crippen LogP contribution in [0.5, 0.6) is 5.88 Å². The van der Waals surface area contributed by atoms with E-state index in [0.717, 1.165) is 18.5 Å². The van der Waals surface area contributed by atoms with Gasteiger partial charge in [0.25, 0.3) is 11.8 Å². The summed E-state index contributed by atoms with van der Waals surface area (Å²) in [4.78, 5) is 29.9. The Labute approximate surface area is 136 Å². The fourth-order valence-corrected chi connectivity index (χ4v) is 1.72. The van der Waals surface area contributed by atoms with Crippen LogP contribution >= 0.6 is 0 Å². The van der Waals surface area contributed by atoms with Gasteiger partial charge in [-0.15, -0.1) is 0 Å². The van der Waals surface area contributed by atoms with Crippen molar-refractivity contribution in [2.45, 2.75) is 20.0 Å². The molecule has 0 aliphatic rings. The van der Waals surface area contributed by atoms with E-state index in [-0.39, 0.29) is 23.4 Å². The summed E-state index contributed by atoms with van der Waals surface area (Å²) in [5.74, 6) is -1.56. The number of amides is 1. The van der Waals surface area contributed by atoms with Gasteiger partial charge in [0.05, 0.1) is 11.0 Å². The molecule has 0 fully saturated rings. The highest BCUT2D eigenvalue weighted by molar-refractivity contribution is 5.94. The Bertz CT molecular complexity index is 751. The lowest BCUT2D eigenvalue weighted by molar-refractivity contribution is -0.385. The molecule has 126 valence electrons. The molecule has 0 saturated carbocycles. The predicted molar refractivity (Wildman–Crippen MR) is 81.9 cm³/mol. The maximum absolute atomic E-state index is 12.8. The number of halogens is 1. The van der Waals surface area contributed by atoms with E-state index in [0.29, 0.717) is 0 Å². The highest BCUT2D eigenvalue weighted by Gasteiger charge is 2.25. The summed E-state index contributed by atoms with van der Waals surface area (Å²) in [5.41, 5.74) is 4.26. The summed E-state index contributed by atoms with van der Waals surface area (Å²) in [7, 11) is 0. The van der Waals surface area contributed by atoms with Gasteiger partial charge in [0, 0.05) is 5.56 Å². The molecule has 1 aromatic heterocycles. The van der Waals surface area contributed by atoms with Crippen molar-refractivity contribution in [3.05, 3.63) is 52.1 Å². The van der Waals surface area contributed by atoms with Crippen molar-refractivity contribution in [3.63, 3.8) is 0 Å². The smallest absolute Gasteiger partial charge is 0.374 e. The third-order valence-electron chi connectivity index (χ3n) is 2.72. The van der Waals surface area contributed by atoms with Crippen LogP contribution in [0.4, 0.5) is 15.9 Å². The molecule has 2 rings (SSSR count). The number of hydrogen-bond donors (Lipinski definition) is 2. The monoisotopic (exact) mass is 335 g/mol. The van der Waals surface area contributed by atoms with E-state index in [4.69, 9.17) is 4.74 Å². The molecule has 0 spiro atoms. The molecule has 0 saturated heterocycles. The van der Waals surface area contributed by atoms with Gasteiger partial charge in [-0.1, -0.05) is 0 Å². The molecule has 0 bridgehead atoms. The van der Waals surface area contributed by atoms with Gasteiger partial charge in [0.2, 0.25) is 5.82 Å². The number of rotatable bonds is 6. The standard InChI is InChI=1S/C14H14FN5O4/c1-8(2)24-14-11(20(22)23)12(16-7-17-14)18-19-13(21)9-3-5-10(15)6-4-9/h3-8H,1-2H3,(H,19,21)(H,16,17,18). The maximum atomic E-state index is 12.8. The molecule has 0 atom stereocenters. The zero-order valence-electron chi connectivity index (χ0n) is 12.8. The molecular formula is C14H14FN5O4.